The van der Waals surface area contributed by atoms with Crippen LogP contribution in [0.1, 0.15) is 48.3 Å². The van der Waals surface area contributed by atoms with Crippen molar-refractivity contribution in [2.45, 2.75) is 46.6 Å². The van der Waals surface area contributed by atoms with Gasteiger partial charge in [0, 0.05) is 23.1 Å². The van der Waals surface area contributed by atoms with E-state index in [4.69, 9.17) is 0 Å². The van der Waals surface area contributed by atoms with Crippen LogP contribution in [-0.2, 0) is 13.0 Å². The number of carbonyl (C=O) groups is 1. The van der Waals surface area contributed by atoms with E-state index in [9.17, 15) is 4.79 Å². The molecule has 0 radical (unpaired) electrons. The molecule has 130 valence electrons. The second-order valence-electron chi connectivity index (χ2n) is 6.46. The number of benzene rings is 2. The van der Waals surface area contributed by atoms with Crippen molar-refractivity contribution in [3.8, 4) is 0 Å². The van der Waals surface area contributed by atoms with Gasteiger partial charge in [-0.1, -0.05) is 56.7 Å². The van der Waals surface area contributed by atoms with E-state index in [-0.39, 0.29) is 5.91 Å². The van der Waals surface area contributed by atoms with Crippen molar-refractivity contribution in [3.05, 3.63) is 65.4 Å². The molecule has 2 aromatic carbocycles. The van der Waals surface area contributed by atoms with Crippen LogP contribution in [0.4, 0.5) is 5.69 Å². The first kappa shape index (κ1) is 17.3. The number of nitrogens with zero attached hydrogens (tertiary/aromatic N) is 1. The van der Waals surface area contributed by atoms with Crippen molar-refractivity contribution in [3.63, 3.8) is 0 Å². The summed E-state index contributed by atoms with van der Waals surface area (Å²) < 4.78 is 2.18. The minimum absolute atomic E-state index is 0.0225. The molecule has 3 heteroatoms. The highest BCUT2D eigenvalue weighted by Crippen LogP contribution is 2.27. The highest BCUT2D eigenvalue weighted by molar-refractivity contribution is 6.08. The lowest BCUT2D eigenvalue weighted by atomic mass is 10.1. The molecule has 0 saturated heterocycles. The molecule has 1 aromatic heterocycles. The van der Waals surface area contributed by atoms with Gasteiger partial charge in [0.15, 0.2) is 0 Å². The molecule has 0 aliphatic rings. The van der Waals surface area contributed by atoms with E-state index in [2.05, 4.69) is 41.9 Å². The molecular formula is C22H26N2O. The molecule has 3 aromatic rings. The van der Waals surface area contributed by atoms with Gasteiger partial charge in [0.05, 0.1) is 0 Å². The number of fused-ring (bicyclic) bond motifs is 1. The highest BCUT2D eigenvalue weighted by Gasteiger charge is 2.20. The normalized spacial score (nSPS) is 11.0. The molecule has 25 heavy (non-hydrogen) atoms. The summed E-state index contributed by atoms with van der Waals surface area (Å²) in [6.45, 7) is 7.19. The summed E-state index contributed by atoms with van der Waals surface area (Å²) in [7, 11) is 0. The zero-order chi connectivity index (χ0) is 17.8. The third kappa shape index (κ3) is 3.32. The number of para-hydroxylation sites is 2. The predicted molar refractivity (Wildman–Crippen MR) is 105 cm³/mol. The summed E-state index contributed by atoms with van der Waals surface area (Å²) in [5.74, 6) is -0.0225. The lowest BCUT2D eigenvalue weighted by Crippen LogP contribution is -2.19. The minimum atomic E-state index is -0.0225. The van der Waals surface area contributed by atoms with E-state index in [1.807, 2.05) is 37.3 Å². The van der Waals surface area contributed by atoms with E-state index in [0.717, 1.165) is 59.2 Å². The van der Waals surface area contributed by atoms with Crippen LogP contribution >= 0.6 is 0 Å². The standard InChI is InChI=1S/C22H26N2O/c1-4-6-15-24-20-14-10-8-12-18(20)16(3)21(24)22(25)23-19-13-9-7-11-17(19)5-2/h7-14H,4-6,15H2,1-3H3,(H,23,25). The molecule has 3 rings (SSSR count). The van der Waals surface area contributed by atoms with Crippen molar-refractivity contribution in [1.29, 1.82) is 0 Å². The summed E-state index contributed by atoms with van der Waals surface area (Å²) in [6.07, 6.45) is 3.06. The molecule has 0 atom stereocenters. The lowest BCUT2D eigenvalue weighted by Gasteiger charge is -2.13. The number of amides is 1. The van der Waals surface area contributed by atoms with E-state index in [1.54, 1.807) is 0 Å². The summed E-state index contributed by atoms with van der Waals surface area (Å²) >= 11 is 0. The maximum Gasteiger partial charge on any atom is 0.272 e. The molecule has 1 amide bonds. The van der Waals surface area contributed by atoms with Crippen LogP contribution in [0, 0.1) is 6.92 Å². The Morgan fingerprint density at radius 2 is 1.76 bits per heavy atom. The minimum Gasteiger partial charge on any atom is -0.336 e. The second-order valence-corrected chi connectivity index (χ2v) is 6.46. The Balaban J connectivity index is 2.04. The fourth-order valence-electron chi connectivity index (χ4n) is 3.45. The third-order valence-electron chi connectivity index (χ3n) is 4.82. The Morgan fingerprint density at radius 3 is 2.52 bits per heavy atom. The molecule has 0 spiro atoms. The van der Waals surface area contributed by atoms with E-state index < -0.39 is 0 Å². The average Bonchev–Trinajstić information content (AvgIpc) is 2.93. The van der Waals surface area contributed by atoms with E-state index >= 15 is 0 Å². The van der Waals surface area contributed by atoms with Gasteiger partial charge >= 0.3 is 0 Å². The zero-order valence-corrected chi connectivity index (χ0v) is 15.3. The van der Waals surface area contributed by atoms with Crippen molar-refractivity contribution in [1.82, 2.24) is 4.57 Å². The van der Waals surface area contributed by atoms with Crippen molar-refractivity contribution in [2.75, 3.05) is 5.32 Å². The molecule has 3 nitrogen and oxygen atoms in total. The van der Waals surface area contributed by atoms with Crippen LogP contribution < -0.4 is 5.32 Å². The Hall–Kier alpha value is -2.55. The molecule has 0 aliphatic carbocycles. The number of aromatic nitrogens is 1. The second kappa shape index (κ2) is 7.56. The Labute approximate surface area is 149 Å². The third-order valence-corrected chi connectivity index (χ3v) is 4.82. The highest BCUT2D eigenvalue weighted by atomic mass is 16.2. The smallest absolute Gasteiger partial charge is 0.272 e. The summed E-state index contributed by atoms with van der Waals surface area (Å²) in [6, 6.07) is 16.3. The Morgan fingerprint density at radius 1 is 1.04 bits per heavy atom. The molecule has 0 saturated carbocycles. The van der Waals surface area contributed by atoms with Gasteiger partial charge in [-0.25, -0.2) is 0 Å². The van der Waals surface area contributed by atoms with Gasteiger partial charge < -0.3 is 9.88 Å². The van der Waals surface area contributed by atoms with E-state index in [1.165, 1.54) is 0 Å². The first-order chi connectivity index (χ1) is 12.2. The Bertz CT molecular complexity index is 892. The molecule has 0 fully saturated rings. The largest absolute Gasteiger partial charge is 0.336 e. The van der Waals surface area contributed by atoms with Gasteiger partial charge in [-0.2, -0.15) is 0 Å². The van der Waals surface area contributed by atoms with Crippen LogP contribution in [-0.4, -0.2) is 10.5 Å². The number of carbonyl (C=O) groups excluding carboxylic acids is 1. The van der Waals surface area contributed by atoms with Gasteiger partial charge in [-0.3, -0.25) is 4.79 Å². The zero-order valence-electron chi connectivity index (χ0n) is 15.3. The van der Waals surface area contributed by atoms with Crippen molar-refractivity contribution in [2.24, 2.45) is 0 Å². The maximum absolute atomic E-state index is 13.1. The SMILES string of the molecule is CCCCn1c(C(=O)Nc2ccccc2CC)c(C)c2ccccc21. The van der Waals surface area contributed by atoms with Gasteiger partial charge in [0.2, 0.25) is 0 Å². The first-order valence-electron chi connectivity index (χ1n) is 9.14. The number of nitrogens with one attached hydrogen (secondary N) is 1. The maximum atomic E-state index is 13.1. The molecule has 1 N–H and O–H groups in total. The predicted octanol–water partition coefficient (Wildman–Crippen LogP) is 5.56. The number of unbranched alkanes of at least 4 members (excludes halogenated alkanes) is 1. The van der Waals surface area contributed by atoms with Crippen LogP contribution in [0.25, 0.3) is 10.9 Å². The molecule has 0 unspecified atom stereocenters. The lowest BCUT2D eigenvalue weighted by molar-refractivity contribution is 0.101. The van der Waals surface area contributed by atoms with Crippen LogP contribution in [0.15, 0.2) is 48.5 Å². The fraction of sp³-hybridized carbons (Fsp3) is 0.318. The van der Waals surface area contributed by atoms with Crippen LogP contribution in [0.2, 0.25) is 0 Å². The number of hydrogen-bond acceptors (Lipinski definition) is 1. The van der Waals surface area contributed by atoms with Crippen molar-refractivity contribution < 1.29 is 4.79 Å². The van der Waals surface area contributed by atoms with Gasteiger partial charge in [-0.05, 0) is 43.0 Å². The average molecular weight is 334 g/mol. The fourth-order valence-corrected chi connectivity index (χ4v) is 3.45. The van der Waals surface area contributed by atoms with Gasteiger partial charge in [0.1, 0.15) is 5.69 Å². The monoisotopic (exact) mass is 334 g/mol. The molecule has 1 heterocycles. The summed E-state index contributed by atoms with van der Waals surface area (Å²) in [5.41, 5.74) is 5.03. The first-order valence-corrected chi connectivity index (χ1v) is 9.14. The quantitative estimate of drug-likeness (QED) is 0.628. The number of rotatable bonds is 6. The summed E-state index contributed by atoms with van der Waals surface area (Å²) in [5, 5.41) is 4.30. The number of aryl methyl sites for hydroxylation is 3. The molecular weight excluding hydrogens is 308 g/mol. The van der Waals surface area contributed by atoms with Crippen molar-refractivity contribution >= 4 is 22.5 Å². The molecule has 0 aliphatic heterocycles. The van der Waals surface area contributed by atoms with Gasteiger partial charge in [-0.15, -0.1) is 0 Å². The van der Waals surface area contributed by atoms with Crippen LogP contribution in [0.3, 0.4) is 0 Å². The van der Waals surface area contributed by atoms with Gasteiger partial charge in [0.25, 0.3) is 5.91 Å². The summed E-state index contributed by atoms with van der Waals surface area (Å²) in [4.78, 5) is 13.1. The molecule has 0 bridgehead atoms. The topological polar surface area (TPSA) is 34.0 Å². The number of anilines is 1. The number of hydrogen-bond donors (Lipinski definition) is 1. The van der Waals surface area contributed by atoms with Crippen LogP contribution in [0.5, 0.6) is 0 Å². The van der Waals surface area contributed by atoms with E-state index in [0.29, 0.717) is 0 Å². The Kier molecular flexibility index (Phi) is 5.22.